The Labute approximate surface area is 231 Å². The number of ether oxygens (including phenoxy) is 2. The van der Waals surface area contributed by atoms with Crippen molar-refractivity contribution in [3.05, 3.63) is 94.0 Å². The molecule has 0 bridgehead atoms. The fourth-order valence-electron chi connectivity index (χ4n) is 4.41. The average Bonchev–Trinajstić information content (AvgIpc) is 3.26. The van der Waals surface area contributed by atoms with Crippen molar-refractivity contribution in [1.29, 1.82) is 5.41 Å². The summed E-state index contributed by atoms with van der Waals surface area (Å²) in [5.74, 6) is -1.13. The van der Waals surface area contributed by atoms with Gasteiger partial charge in [0.2, 0.25) is 0 Å². The topological polar surface area (TPSA) is 117 Å². The third-order valence-corrected chi connectivity index (χ3v) is 7.06. The second-order valence-electron chi connectivity index (χ2n) is 9.11. The van der Waals surface area contributed by atoms with E-state index in [2.05, 4.69) is 0 Å². The van der Waals surface area contributed by atoms with Gasteiger partial charge < -0.3 is 19.5 Å². The lowest BCUT2D eigenvalue weighted by Gasteiger charge is -2.18. The molecule has 1 heterocycles. The highest BCUT2D eigenvalue weighted by molar-refractivity contribution is 8.13. The maximum absolute atomic E-state index is 13.2. The number of Topliss-reactive ketones (excluding diaryl/α,β-unsaturated/α-hetero) is 1. The zero-order chi connectivity index (χ0) is 27.9. The Bertz CT molecular complexity index is 1410. The number of hydrogen-bond donors (Lipinski definition) is 2. The maximum Gasteiger partial charge on any atom is 0.344 e. The van der Waals surface area contributed by atoms with Crippen molar-refractivity contribution in [3.63, 3.8) is 0 Å². The summed E-state index contributed by atoms with van der Waals surface area (Å²) in [6, 6.07) is 17.5. The smallest absolute Gasteiger partial charge is 0.344 e. The first-order valence-electron chi connectivity index (χ1n) is 12.6. The predicted octanol–water partition coefficient (Wildman–Crippen LogP) is 4.99. The fraction of sp³-hybridized carbons (Fsp3) is 0.267. The Hall–Kier alpha value is -4.11. The number of benzene rings is 3. The van der Waals surface area contributed by atoms with Crippen LogP contribution in [0.1, 0.15) is 56.3 Å². The molecule has 1 aliphatic rings. The first-order chi connectivity index (χ1) is 18.8. The van der Waals surface area contributed by atoms with Gasteiger partial charge in [0.1, 0.15) is 18.1 Å². The van der Waals surface area contributed by atoms with Crippen LogP contribution >= 0.6 is 11.8 Å². The number of nitrogens with zero attached hydrogens (tertiary/aromatic N) is 1. The molecule has 0 unspecified atom stereocenters. The maximum atomic E-state index is 13.2. The van der Waals surface area contributed by atoms with Crippen LogP contribution in [0, 0.1) is 5.41 Å². The van der Waals surface area contributed by atoms with Crippen LogP contribution in [0.5, 0.6) is 11.5 Å². The molecule has 1 aliphatic heterocycles. The van der Waals surface area contributed by atoms with E-state index in [0.717, 1.165) is 16.7 Å². The molecule has 4 rings (SSSR count). The van der Waals surface area contributed by atoms with Crippen LogP contribution in [-0.2, 0) is 29.1 Å². The summed E-state index contributed by atoms with van der Waals surface area (Å²) in [4.78, 5) is 39.7. The van der Waals surface area contributed by atoms with Gasteiger partial charge in [-0.2, -0.15) is 0 Å². The Kier molecular flexibility index (Phi) is 9.03. The minimum atomic E-state index is -0.552. The lowest BCUT2D eigenvalue weighted by molar-refractivity contribution is -0.147. The van der Waals surface area contributed by atoms with Gasteiger partial charge in [-0.05, 0) is 48.1 Å². The first-order valence-corrected chi connectivity index (χ1v) is 13.8. The number of nitrogens with one attached hydrogen (secondary N) is 1. The molecule has 0 saturated carbocycles. The highest BCUT2D eigenvalue weighted by Crippen LogP contribution is 2.34. The molecule has 3 aromatic rings. The SMILES string of the molecule is CCCc1c(OCC(=O)OCc2ccccc2)ccc(C(=O)CN2Cc3cc(C(=N)SC)ccc3C2=O)c1O. The molecule has 39 heavy (non-hydrogen) atoms. The molecule has 3 aromatic carbocycles. The van der Waals surface area contributed by atoms with E-state index < -0.39 is 11.8 Å². The minimum absolute atomic E-state index is 0.0889. The minimum Gasteiger partial charge on any atom is -0.507 e. The number of thioether (sulfide) groups is 1. The summed E-state index contributed by atoms with van der Waals surface area (Å²) >= 11 is 1.31. The van der Waals surface area contributed by atoms with E-state index in [9.17, 15) is 19.5 Å². The van der Waals surface area contributed by atoms with Gasteiger partial charge in [0.25, 0.3) is 5.91 Å². The van der Waals surface area contributed by atoms with Gasteiger partial charge in [-0.25, -0.2) is 4.79 Å². The lowest BCUT2D eigenvalue weighted by Crippen LogP contribution is -2.30. The van der Waals surface area contributed by atoms with Crippen molar-refractivity contribution >= 4 is 34.5 Å². The molecule has 202 valence electrons. The Morgan fingerprint density at radius 3 is 2.59 bits per heavy atom. The number of aromatic hydroxyl groups is 1. The highest BCUT2D eigenvalue weighted by Gasteiger charge is 2.30. The summed E-state index contributed by atoms with van der Waals surface area (Å²) in [6.45, 7) is 1.77. The van der Waals surface area contributed by atoms with Crippen molar-refractivity contribution in [1.82, 2.24) is 4.90 Å². The molecular formula is C30H30N2O6S. The molecule has 0 fully saturated rings. The number of ketones is 1. The number of fused-ring (bicyclic) bond motifs is 1. The zero-order valence-electron chi connectivity index (χ0n) is 21.9. The molecule has 0 aromatic heterocycles. The number of esters is 1. The summed E-state index contributed by atoms with van der Waals surface area (Å²) in [6.07, 6.45) is 2.92. The Balaban J connectivity index is 1.42. The molecule has 0 saturated heterocycles. The molecule has 8 nitrogen and oxygen atoms in total. The number of carbonyl (C=O) groups excluding carboxylic acids is 3. The summed E-state index contributed by atoms with van der Waals surface area (Å²) in [7, 11) is 0. The van der Waals surface area contributed by atoms with E-state index in [4.69, 9.17) is 14.9 Å². The summed E-state index contributed by atoms with van der Waals surface area (Å²) in [5, 5.41) is 19.4. The molecule has 2 N–H and O–H groups in total. The monoisotopic (exact) mass is 546 g/mol. The molecule has 0 aliphatic carbocycles. The highest BCUT2D eigenvalue weighted by atomic mass is 32.2. The van der Waals surface area contributed by atoms with Gasteiger partial charge in [0, 0.05) is 23.2 Å². The second-order valence-corrected chi connectivity index (χ2v) is 9.93. The number of hydrogen-bond acceptors (Lipinski definition) is 8. The van der Waals surface area contributed by atoms with E-state index in [-0.39, 0.29) is 43.5 Å². The van der Waals surface area contributed by atoms with Crippen LogP contribution < -0.4 is 4.74 Å². The fourth-order valence-corrected chi connectivity index (χ4v) is 4.77. The van der Waals surface area contributed by atoms with Crippen molar-refractivity contribution in [2.45, 2.75) is 32.9 Å². The largest absolute Gasteiger partial charge is 0.507 e. The van der Waals surface area contributed by atoms with E-state index in [1.54, 1.807) is 18.2 Å². The molecule has 1 amide bonds. The van der Waals surface area contributed by atoms with Crippen LogP contribution in [0.25, 0.3) is 0 Å². The van der Waals surface area contributed by atoms with Crippen LogP contribution in [0.15, 0.2) is 60.7 Å². The third-order valence-electron chi connectivity index (χ3n) is 6.41. The molecule has 0 spiro atoms. The van der Waals surface area contributed by atoms with Crippen LogP contribution in [0.2, 0.25) is 0 Å². The van der Waals surface area contributed by atoms with Crippen LogP contribution in [-0.4, -0.2) is 52.1 Å². The van der Waals surface area contributed by atoms with Gasteiger partial charge in [-0.3, -0.25) is 15.0 Å². The number of carbonyl (C=O) groups is 3. The van der Waals surface area contributed by atoms with E-state index in [1.165, 1.54) is 22.7 Å². The van der Waals surface area contributed by atoms with Gasteiger partial charge in [-0.15, -0.1) is 11.8 Å². The summed E-state index contributed by atoms with van der Waals surface area (Å²) < 4.78 is 10.9. The van der Waals surface area contributed by atoms with Crippen molar-refractivity contribution in [2.75, 3.05) is 19.4 Å². The number of phenols is 1. The van der Waals surface area contributed by atoms with Crippen LogP contribution in [0.3, 0.4) is 0 Å². The molecule has 0 atom stereocenters. The quantitative estimate of drug-likeness (QED) is 0.151. The van der Waals surface area contributed by atoms with E-state index in [1.807, 2.05) is 49.6 Å². The lowest BCUT2D eigenvalue weighted by atomic mass is 10.0. The predicted molar refractivity (Wildman–Crippen MR) is 150 cm³/mol. The Morgan fingerprint density at radius 1 is 1.10 bits per heavy atom. The molecular weight excluding hydrogens is 516 g/mol. The van der Waals surface area contributed by atoms with Crippen molar-refractivity contribution in [3.8, 4) is 11.5 Å². The summed E-state index contributed by atoms with van der Waals surface area (Å²) in [5.41, 5.74) is 3.38. The third kappa shape index (κ3) is 6.49. The van der Waals surface area contributed by atoms with Crippen molar-refractivity contribution in [2.24, 2.45) is 0 Å². The van der Waals surface area contributed by atoms with E-state index >= 15 is 0 Å². The van der Waals surface area contributed by atoms with Gasteiger partial charge in [0.05, 0.1) is 17.2 Å². The number of phenolic OH excluding ortho intramolecular Hbond substituents is 1. The average molecular weight is 547 g/mol. The zero-order valence-corrected chi connectivity index (χ0v) is 22.7. The van der Waals surface area contributed by atoms with Gasteiger partial charge >= 0.3 is 5.97 Å². The van der Waals surface area contributed by atoms with Gasteiger partial charge in [-0.1, -0.05) is 49.7 Å². The first kappa shape index (κ1) is 27.9. The number of amides is 1. The van der Waals surface area contributed by atoms with Crippen molar-refractivity contribution < 1.29 is 29.0 Å². The van der Waals surface area contributed by atoms with E-state index in [0.29, 0.717) is 34.8 Å². The standard InChI is InChI=1S/C30H30N2O6S/c1-3-7-24-26(37-18-27(34)38-17-19-8-5-4-6-9-19)13-12-23(28(24)35)25(33)16-32-15-21-14-20(29(31)39-2)10-11-22(21)30(32)36/h4-6,8-14,31,35H,3,7,15-18H2,1-2H3. The molecule has 0 radical (unpaired) electrons. The molecule has 9 heteroatoms. The normalized spacial score (nSPS) is 12.3. The van der Waals surface area contributed by atoms with Crippen LogP contribution in [0.4, 0.5) is 0 Å². The Morgan fingerprint density at radius 2 is 1.87 bits per heavy atom. The number of rotatable bonds is 11. The van der Waals surface area contributed by atoms with Gasteiger partial charge in [0.15, 0.2) is 12.4 Å². The second kappa shape index (κ2) is 12.6.